The topological polar surface area (TPSA) is 29.9 Å². The van der Waals surface area contributed by atoms with E-state index in [1.807, 2.05) is 38.7 Å². The van der Waals surface area contributed by atoms with Gasteiger partial charge in [-0.1, -0.05) is 6.07 Å². The van der Waals surface area contributed by atoms with Gasteiger partial charge in [-0.05, 0) is 50.2 Å². The maximum atomic E-state index is 13.4. The number of nitrogens with zero attached hydrogens (tertiary/aromatic N) is 2. The van der Waals surface area contributed by atoms with Crippen LogP contribution >= 0.6 is 0 Å². The Labute approximate surface area is 107 Å². The van der Waals surface area contributed by atoms with Gasteiger partial charge in [-0.2, -0.15) is 5.10 Å². The minimum atomic E-state index is -0.213. The Kier molecular flexibility index (Phi) is 3.48. The predicted molar refractivity (Wildman–Crippen MR) is 70.0 cm³/mol. The normalized spacial score (nSPS) is 12.7. The van der Waals surface area contributed by atoms with E-state index in [0.717, 1.165) is 22.5 Å². The van der Waals surface area contributed by atoms with Crippen molar-refractivity contribution in [2.24, 2.45) is 7.05 Å². The summed E-state index contributed by atoms with van der Waals surface area (Å²) < 4.78 is 15.2. The van der Waals surface area contributed by atoms with Crippen LogP contribution in [0, 0.1) is 19.7 Å². The molecule has 0 fully saturated rings. The van der Waals surface area contributed by atoms with E-state index in [9.17, 15) is 4.39 Å². The molecule has 3 nitrogen and oxygen atoms in total. The second kappa shape index (κ2) is 4.90. The lowest BCUT2D eigenvalue weighted by molar-refractivity contribution is 0.588. The molecule has 1 heterocycles. The average molecular weight is 247 g/mol. The molecule has 0 saturated carbocycles. The van der Waals surface area contributed by atoms with Crippen LogP contribution < -0.4 is 5.32 Å². The smallest absolute Gasteiger partial charge is 0.123 e. The number of hydrogen-bond acceptors (Lipinski definition) is 2. The number of hydrogen-bond donors (Lipinski definition) is 1. The number of benzene rings is 1. The largest absolute Gasteiger partial charge is 0.308 e. The minimum Gasteiger partial charge on any atom is -0.308 e. The van der Waals surface area contributed by atoms with Crippen LogP contribution in [-0.2, 0) is 7.05 Å². The van der Waals surface area contributed by atoms with Gasteiger partial charge in [0, 0.05) is 7.05 Å². The lowest BCUT2D eigenvalue weighted by Gasteiger charge is -2.19. The lowest BCUT2D eigenvalue weighted by Crippen LogP contribution is -2.21. The summed E-state index contributed by atoms with van der Waals surface area (Å²) in [6.45, 7) is 3.94. The molecule has 4 heteroatoms. The van der Waals surface area contributed by atoms with Crippen LogP contribution in [0.3, 0.4) is 0 Å². The van der Waals surface area contributed by atoms with Gasteiger partial charge in [0.2, 0.25) is 0 Å². The first kappa shape index (κ1) is 12.8. The van der Waals surface area contributed by atoms with Crippen LogP contribution in [-0.4, -0.2) is 16.8 Å². The van der Waals surface area contributed by atoms with Crippen LogP contribution in [0.5, 0.6) is 0 Å². The van der Waals surface area contributed by atoms with Crippen molar-refractivity contribution < 1.29 is 4.39 Å². The maximum Gasteiger partial charge on any atom is 0.123 e. The quantitative estimate of drug-likeness (QED) is 0.903. The van der Waals surface area contributed by atoms with Crippen LogP contribution in [0.25, 0.3) is 0 Å². The van der Waals surface area contributed by atoms with Crippen LogP contribution in [0.2, 0.25) is 0 Å². The van der Waals surface area contributed by atoms with Gasteiger partial charge in [-0.15, -0.1) is 0 Å². The second-order valence-corrected chi connectivity index (χ2v) is 4.56. The maximum absolute atomic E-state index is 13.4. The van der Waals surface area contributed by atoms with Crippen molar-refractivity contribution >= 4 is 0 Å². The zero-order valence-electron chi connectivity index (χ0n) is 11.2. The SMILES string of the molecule is CNC(c1cc(F)ccc1C)c1cc(C)nn1C. The first-order valence-corrected chi connectivity index (χ1v) is 5.96. The second-order valence-electron chi connectivity index (χ2n) is 4.56. The Morgan fingerprint density at radius 2 is 2.00 bits per heavy atom. The van der Waals surface area contributed by atoms with E-state index in [1.165, 1.54) is 6.07 Å². The van der Waals surface area contributed by atoms with Gasteiger partial charge in [0.15, 0.2) is 0 Å². The Hall–Kier alpha value is -1.68. The molecule has 1 aromatic heterocycles. The molecule has 2 rings (SSSR count). The van der Waals surface area contributed by atoms with Crippen molar-refractivity contribution in [2.45, 2.75) is 19.9 Å². The van der Waals surface area contributed by atoms with Gasteiger partial charge < -0.3 is 5.32 Å². The standard InChI is InChI=1S/C14H18FN3/c1-9-5-6-11(15)8-12(9)14(16-3)13-7-10(2)17-18(13)4/h5-8,14,16H,1-4H3. The molecule has 0 saturated heterocycles. The van der Waals surface area contributed by atoms with E-state index in [0.29, 0.717) is 0 Å². The zero-order chi connectivity index (χ0) is 13.3. The van der Waals surface area contributed by atoms with Gasteiger partial charge in [0.05, 0.1) is 17.4 Å². The molecule has 18 heavy (non-hydrogen) atoms. The van der Waals surface area contributed by atoms with E-state index in [1.54, 1.807) is 12.1 Å². The Morgan fingerprint density at radius 1 is 1.28 bits per heavy atom. The van der Waals surface area contributed by atoms with E-state index >= 15 is 0 Å². The summed E-state index contributed by atoms with van der Waals surface area (Å²) >= 11 is 0. The highest BCUT2D eigenvalue weighted by Crippen LogP contribution is 2.25. The zero-order valence-corrected chi connectivity index (χ0v) is 11.2. The van der Waals surface area contributed by atoms with Crippen molar-refractivity contribution in [3.8, 4) is 0 Å². The van der Waals surface area contributed by atoms with Crippen molar-refractivity contribution in [1.29, 1.82) is 0 Å². The van der Waals surface area contributed by atoms with Crippen LogP contribution in [0.4, 0.5) is 4.39 Å². The Bertz CT molecular complexity index is 560. The third kappa shape index (κ3) is 2.29. The molecule has 0 bridgehead atoms. The van der Waals surface area contributed by atoms with Gasteiger partial charge >= 0.3 is 0 Å². The molecular formula is C14H18FN3. The highest BCUT2D eigenvalue weighted by Gasteiger charge is 2.18. The van der Waals surface area contributed by atoms with Crippen molar-refractivity contribution in [1.82, 2.24) is 15.1 Å². The lowest BCUT2D eigenvalue weighted by atomic mass is 9.98. The minimum absolute atomic E-state index is 0.0492. The van der Waals surface area contributed by atoms with Gasteiger partial charge in [0.25, 0.3) is 0 Å². The average Bonchev–Trinajstić information content (AvgIpc) is 2.64. The molecule has 0 aliphatic heterocycles. The van der Waals surface area contributed by atoms with E-state index < -0.39 is 0 Å². The van der Waals surface area contributed by atoms with Crippen molar-refractivity contribution in [3.63, 3.8) is 0 Å². The molecule has 0 aliphatic carbocycles. The summed E-state index contributed by atoms with van der Waals surface area (Å²) in [6.07, 6.45) is 0. The molecule has 2 aromatic rings. The summed E-state index contributed by atoms with van der Waals surface area (Å²) in [5.41, 5.74) is 4.00. The van der Waals surface area contributed by atoms with E-state index in [2.05, 4.69) is 10.4 Å². The first-order valence-electron chi connectivity index (χ1n) is 5.96. The highest BCUT2D eigenvalue weighted by atomic mass is 19.1. The monoisotopic (exact) mass is 247 g/mol. The van der Waals surface area contributed by atoms with E-state index in [4.69, 9.17) is 0 Å². The molecule has 0 spiro atoms. The van der Waals surface area contributed by atoms with Crippen molar-refractivity contribution in [2.75, 3.05) is 7.05 Å². The molecule has 0 amide bonds. The predicted octanol–water partition coefficient (Wildman–Crippen LogP) is 2.48. The number of nitrogens with one attached hydrogen (secondary N) is 1. The molecule has 96 valence electrons. The summed E-state index contributed by atoms with van der Waals surface area (Å²) in [4.78, 5) is 0. The van der Waals surface area contributed by atoms with Crippen LogP contribution in [0.15, 0.2) is 24.3 Å². The molecular weight excluding hydrogens is 229 g/mol. The number of rotatable bonds is 3. The van der Waals surface area contributed by atoms with Gasteiger partial charge in [0.1, 0.15) is 5.82 Å². The molecule has 1 aromatic carbocycles. The third-order valence-electron chi connectivity index (χ3n) is 3.17. The molecule has 1 atom stereocenters. The van der Waals surface area contributed by atoms with Gasteiger partial charge in [-0.3, -0.25) is 4.68 Å². The number of halogens is 1. The summed E-state index contributed by atoms with van der Waals surface area (Å²) in [5, 5.41) is 7.57. The Morgan fingerprint density at radius 3 is 2.56 bits per heavy atom. The van der Waals surface area contributed by atoms with Crippen molar-refractivity contribution in [3.05, 3.63) is 52.6 Å². The Balaban J connectivity index is 2.51. The van der Waals surface area contributed by atoms with Crippen LogP contribution in [0.1, 0.15) is 28.6 Å². The fourth-order valence-corrected chi connectivity index (χ4v) is 2.29. The summed E-state index contributed by atoms with van der Waals surface area (Å²) in [5.74, 6) is -0.213. The summed E-state index contributed by atoms with van der Waals surface area (Å²) in [7, 11) is 3.78. The third-order valence-corrected chi connectivity index (χ3v) is 3.17. The molecule has 1 N–H and O–H groups in total. The first-order chi connectivity index (χ1) is 8.52. The molecule has 0 aliphatic rings. The summed E-state index contributed by atoms with van der Waals surface area (Å²) in [6, 6.07) is 6.84. The molecule has 1 unspecified atom stereocenters. The fourth-order valence-electron chi connectivity index (χ4n) is 2.29. The molecule has 0 radical (unpaired) electrons. The van der Waals surface area contributed by atoms with E-state index in [-0.39, 0.29) is 11.9 Å². The number of aromatic nitrogens is 2. The highest BCUT2D eigenvalue weighted by molar-refractivity contribution is 5.35. The fraction of sp³-hybridized carbons (Fsp3) is 0.357. The van der Waals surface area contributed by atoms with Gasteiger partial charge in [-0.25, -0.2) is 4.39 Å². The number of aryl methyl sites for hydroxylation is 3.